The summed E-state index contributed by atoms with van der Waals surface area (Å²) in [6.45, 7) is 10.0. The number of benzene rings is 1. The molecule has 0 aromatic heterocycles. The summed E-state index contributed by atoms with van der Waals surface area (Å²) in [6.07, 6.45) is -0.352. The van der Waals surface area contributed by atoms with Crippen LogP contribution in [0.4, 0.5) is 0 Å². The van der Waals surface area contributed by atoms with Crippen molar-refractivity contribution in [2.45, 2.75) is 32.9 Å². The second-order valence-corrected chi connectivity index (χ2v) is 7.43. The molecule has 1 aromatic rings. The first-order valence-electron chi connectivity index (χ1n) is 8.28. The van der Waals surface area contributed by atoms with Crippen LogP contribution in [-0.4, -0.2) is 59.6 Å². The summed E-state index contributed by atoms with van der Waals surface area (Å²) < 4.78 is 0. The molecule has 1 aliphatic rings. The fourth-order valence-corrected chi connectivity index (χ4v) is 2.91. The average Bonchev–Trinajstić information content (AvgIpc) is 2.49. The normalized spacial score (nSPS) is 20.2. The molecule has 1 heterocycles. The van der Waals surface area contributed by atoms with Crippen molar-refractivity contribution >= 4 is 5.91 Å². The summed E-state index contributed by atoms with van der Waals surface area (Å²) in [7, 11) is 0. The van der Waals surface area contributed by atoms with Crippen molar-refractivity contribution in [3.05, 3.63) is 35.9 Å². The van der Waals surface area contributed by atoms with Gasteiger partial charge in [-0.1, -0.05) is 51.1 Å². The van der Waals surface area contributed by atoms with E-state index in [-0.39, 0.29) is 23.5 Å². The minimum Gasteiger partial charge on any atom is -0.391 e. The number of hydrogen-bond acceptors (Lipinski definition) is 4. The number of aliphatic hydroxyl groups excluding tert-OH is 1. The Kier molecular flexibility index (Phi) is 5.79. The van der Waals surface area contributed by atoms with Crippen LogP contribution < -0.4 is 5.73 Å². The molecule has 3 N–H and O–H groups in total. The number of hydrogen-bond donors (Lipinski definition) is 2. The summed E-state index contributed by atoms with van der Waals surface area (Å²) in [5.41, 5.74) is 6.47. The molecular weight excluding hydrogens is 290 g/mol. The Morgan fingerprint density at radius 1 is 1.17 bits per heavy atom. The second-order valence-electron chi connectivity index (χ2n) is 7.43. The van der Waals surface area contributed by atoms with E-state index in [9.17, 15) is 9.90 Å². The van der Waals surface area contributed by atoms with Crippen LogP contribution in [0.2, 0.25) is 0 Å². The van der Waals surface area contributed by atoms with E-state index in [1.165, 1.54) is 0 Å². The molecule has 0 radical (unpaired) electrons. The van der Waals surface area contributed by atoms with E-state index in [1.54, 1.807) is 0 Å². The number of carbonyl (C=O) groups excluding carboxylic acids is 1. The summed E-state index contributed by atoms with van der Waals surface area (Å²) in [6, 6.07) is 9.33. The molecule has 5 nitrogen and oxygen atoms in total. The number of aliphatic hydroxyl groups is 1. The van der Waals surface area contributed by atoms with Crippen LogP contribution in [-0.2, 0) is 4.79 Å². The fraction of sp³-hybridized carbons (Fsp3) is 0.611. The van der Waals surface area contributed by atoms with Gasteiger partial charge in [0.15, 0.2) is 0 Å². The van der Waals surface area contributed by atoms with Crippen LogP contribution in [0.1, 0.15) is 32.4 Å². The lowest BCUT2D eigenvalue weighted by Crippen LogP contribution is -2.52. The van der Waals surface area contributed by atoms with E-state index in [2.05, 4.69) is 9.80 Å². The Balaban J connectivity index is 1.96. The van der Waals surface area contributed by atoms with E-state index in [4.69, 9.17) is 5.73 Å². The molecule has 1 aliphatic heterocycles. The smallest absolute Gasteiger partial charge is 0.239 e. The second kappa shape index (κ2) is 7.43. The van der Waals surface area contributed by atoms with E-state index in [0.29, 0.717) is 6.54 Å². The zero-order valence-corrected chi connectivity index (χ0v) is 14.4. The molecule has 1 saturated heterocycles. The zero-order chi connectivity index (χ0) is 17.0. The highest BCUT2D eigenvalue weighted by Gasteiger charge is 2.31. The Morgan fingerprint density at radius 3 is 2.22 bits per heavy atom. The van der Waals surface area contributed by atoms with Crippen molar-refractivity contribution in [1.82, 2.24) is 9.80 Å². The summed E-state index contributed by atoms with van der Waals surface area (Å²) in [5.74, 6) is -0.306. The van der Waals surface area contributed by atoms with E-state index in [1.807, 2.05) is 51.1 Å². The molecule has 0 saturated carbocycles. The Hall–Kier alpha value is -1.43. The number of piperazine rings is 1. The monoisotopic (exact) mass is 319 g/mol. The van der Waals surface area contributed by atoms with Crippen LogP contribution in [0.5, 0.6) is 0 Å². The first-order chi connectivity index (χ1) is 10.8. The maximum Gasteiger partial charge on any atom is 0.239 e. The van der Waals surface area contributed by atoms with Gasteiger partial charge in [0.25, 0.3) is 0 Å². The molecule has 0 unspecified atom stereocenters. The third kappa shape index (κ3) is 4.77. The van der Waals surface area contributed by atoms with Gasteiger partial charge in [0.1, 0.15) is 6.04 Å². The highest BCUT2D eigenvalue weighted by Crippen LogP contribution is 2.24. The molecule has 0 aliphatic carbocycles. The summed E-state index contributed by atoms with van der Waals surface area (Å²) >= 11 is 0. The number of carbonyl (C=O) groups is 1. The standard InChI is InChI=1S/C18H29N3O2/c1-18(2,3)15(22)13-20-9-11-21(12-10-20)16(17(19)23)14-7-5-4-6-8-14/h4-8,15-16,22H,9-13H2,1-3H3,(H2,19,23)/t15-,16+/m0/s1. The molecule has 0 bridgehead atoms. The van der Waals surface area contributed by atoms with Gasteiger partial charge in [-0.15, -0.1) is 0 Å². The van der Waals surface area contributed by atoms with Gasteiger partial charge >= 0.3 is 0 Å². The molecule has 2 rings (SSSR count). The van der Waals surface area contributed by atoms with Crippen LogP contribution in [0.15, 0.2) is 30.3 Å². The van der Waals surface area contributed by atoms with Gasteiger partial charge < -0.3 is 10.8 Å². The quantitative estimate of drug-likeness (QED) is 0.857. The SMILES string of the molecule is CC(C)(C)[C@@H](O)CN1CCN([C@@H](C(N)=O)c2ccccc2)CC1. The van der Waals surface area contributed by atoms with E-state index in [0.717, 1.165) is 31.7 Å². The topological polar surface area (TPSA) is 69.8 Å². The number of β-amino-alcohol motifs (C(OH)–C–C–N with tert-alkyl or cyclic N) is 1. The predicted octanol–water partition coefficient (Wildman–Crippen LogP) is 1.24. The number of amides is 1. The highest BCUT2D eigenvalue weighted by molar-refractivity contribution is 5.81. The van der Waals surface area contributed by atoms with Crippen molar-refractivity contribution in [3.63, 3.8) is 0 Å². The third-order valence-electron chi connectivity index (χ3n) is 4.59. The summed E-state index contributed by atoms with van der Waals surface area (Å²) in [4.78, 5) is 16.3. The molecule has 0 spiro atoms. The van der Waals surface area contributed by atoms with E-state index >= 15 is 0 Å². The minimum atomic E-state index is -0.370. The van der Waals surface area contributed by atoms with Crippen molar-refractivity contribution in [3.8, 4) is 0 Å². The molecule has 128 valence electrons. The summed E-state index contributed by atoms with van der Waals surface area (Å²) in [5, 5.41) is 10.2. The largest absolute Gasteiger partial charge is 0.391 e. The molecule has 2 atom stereocenters. The maximum atomic E-state index is 11.9. The Morgan fingerprint density at radius 2 is 1.74 bits per heavy atom. The van der Waals surface area contributed by atoms with Gasteiger partial charge in [0, 0.05) is 32.7 Å². The third-order valence-corrected chi connectivity index (χ3v) is 4.59. The molecule has 1 fully saturated rings. The first kappa shape index (κ1) is 17.9. The van der Waals surface area contributed by atoms with Gasteiger partial charge in [-0.2, -0.15) is 0 Å². The molecule has 5 heteroatoms. The molecule has 1 amide bonds. The highest BCUT2D eigenvalue weighted by atomic mass is 16.3. The van der Waals surface area contributed by atoms with Crippen molar-refractivity contribution < 1.29 is 9.90 Å². The van der Waals surface area contributed by atoms with Gasteiger partial charge in [-0.25, -0.2) is 0 Å². The van der Waals surface area contributed by atoms with Crippen LogP contribution in [0.3, 0.4) is 0 Å². The van der Waals surface area contributed by atoms with Gasteiger partial charge in [0.05, 0.1) is 6.10 Å². The molecular formula is C18H29N3O2. The average molecular weight is 319 g/mol. The minimum absolute atomic E-state index is 0.114. The van der Waals surface area contributed by atoms with Gasteiger partial charge in [-0.05, 0) is 11.0 Å². The van der Waals surface area contributed by atoms with Crippen LogP contribution in [0, 0.1) is 5.41 Å². The van der Waals surface area contributed by atoms with Crippen LogP contribution >= 0.6 is 0 Å². The van der Waals surface area contributed by atoms with E-state index < -0.39 is 0 Å². The van der Waals surface area contributed by atoms with Crippen LogP contribution in [0.25, 0.3) is 0 Å². The lowest BCUT2D eigenvalue weighted by molar-refractivity contribution is -0.124. The van der Waals surface area contributed by atoms with Gasteiger partial charge in [-0.3, -0.25) is 14.6 Å². The number of rotatable bonds is 5. The fourth-order valence-electron chi connectivity index (χ4n) is 2.91. The zero-order valence-electron chi connectivity index (χ0n) is 14.4. The molecule has 1 aromatic carbocycles. The van der Waals surface area contributed by atoms with Crippen molar-refractivity contribution in [2.24, 2.45) is 11.1 Å². The predicted molar refractivity (Wildman–Crippen MR) is 91.9 cm³/mol. The number of nitrogens with two attached hydrogens (primary N) is 1. The number of primary amides is 1. The Labute approximate surface area is 139 Å². The first-order valence-corrected chi connectivity index (χ1v) is 8.28. The van der Waals surface area contributed by atoms with Gasteiger partial charge in [0.2, 0.25) is 5.91 Å². The Bertz CT molecular complexity index is 505. The molecule has 23 heavy (non-hydrogen) atoms. The lowest BCUT2D eigenvalue weighted by Gasteiger charge is -2.40. The lowest BCUT2D eigenvalue weighted by atomic mass is 9.89. The number of nitrogens with zero attached hydrogens (tertiary/aromatic N) is 2. The van der Waals surface area contributed by atoms with Crippen molar-refractivity contribution in [1.29, 1.82) is 0 Å². The van der Waals surface area contributed by atoms with Crippen molar-refractivity contribution in [2.75, 3.05) is 32.7 Å². The maximum absolute atomic E-state index is 11.9.